The van der Waals surface area contributed by atoms with Gasteiger partial charge >= 0.3 is 0 Å². The molecule has 6 heteroatoms. The van der Waals surface area contributed by atoms with Crippen molar-refractivity contribution in [1.29, 1.82) is 0 Å². The van der Waals surface area contributed by atoms with Gasteiger partial charge in [-0.25, -0.2) is 0 Å². The van der Waals surface area contributed by atoms with Gasteiger partial charge in [0.05, 0.1) is 0 Å². The van der Waals surface area contributed by atoms with E-state index >= 15 is 0 Å². The molecular formula is C14H24N6. The molecule has 1 heterocycles. The van der Waals surface area contributed by atoms with Crippen LogP contribution in [0.1, 0.15) is 39.5 Å². The lowest BCUT2D eigenvalue weighted by Gasteiger charge is -2.21. The highest BCUT2D eigenvalue weighted by Gasteiger charge is 2.41. The van der Waals surface area contributed by atoms with Gasteiger partial charge in [-0.2, -0.15) is 15.0 Å². The Bertz CT molecular complexity index is 453. The fourth-order valence-electron chi connectivity index (χ4n) is 2.77. The molecule has 3 N–H and O–H groups in total. The number of nitrogens with one attached hydrogen (secondary N) is 1. The van der Waals surface area contributed by atoms with Gasteiger partial charge in [-0.15, -0.1) is 0 Å². The van der Waals surface area contributed by atoms with Crippen LogP contribution in [0.2, 0.25) is 0 Å². The Labute approximate surface area is 120 Å². The van der Waals surface area contributed by atoms with Crippen molar-refractivity contribution >= 4 is 17.8 Å². The molecule has 2 saturated carbocycles. The summed E-state index contributed by atoms with van der Waals surface area (Å²) in [6.45, 7) is 5.92. The minimum Gasteiger partial charge on any atom is -0.368 e. The number of anilines is 3. The predicted molar refractivity (Wildman–Crippen MR) is 80.7 cm³/mol. The molecule has 0 unspecified atom stereocenters. The molecule has 0 aliphatic heterocycles. The molecule has 2 aliphatic carbocycles. The average Bonchev–Trinajstić information content (AvgIpc) is 3.28. The topological polar surface area (TPSA) is 80.0 Å². The van der Waals surface area contributed by atoms with Crippen LogP contribution in [0.3, 0.4) is 0 Å². The second-order valence-corrected chi connectivity index (χ2v) is 5.83. The number of nitrogens with zero attached hydrogens (tertiary/aromatic N) is 4. The van der Waals surface area contributed by atoms with E-state index in [-0.39, 0.29) is 0 Å². The summed E-state index contributed by atoms with van der Waals surface area (Å²) in [7, 11) is 0. The Morgan fingerprint density at radius 3 is 2.20 bits per heavy atom. The van der Waals surface area contributed by atoms with Gasteiger partial charge < -0.3 is 16.0 Å². The zero-order chi connectivity index (χ0) is 14.1. The number of nitrogen functional groups attached to an aromatic ring is 1. The van der Waals surface area contributed by atoms with Crippen molar-refractivity contribution in [2.45, 2.75) is 45.6 Å². The standard InChI is InChI=1S/C14H24N6/c1-3-20(4-2)14-18-12(15)17-13(19-14)16-11(9-5-6-9)10-7-8-10/h9-11H,3-8H2,1-2H3,(H3,15,16,17,18,19). The minimum absolute atomic E-state index is 0.301. The first kappa shape index (κ1) is 13.4. The van der Waals surface area contributed by atoms with Crippen LogP contribution in [0.15, 0.2) is 0 Å². The fourth-order valence-corrected chi connectivity index (χ4v) is 2.77. The van der Waals surface area contributed by atoms with Gasteiger partial charge in [0.2, 0.25) is 17.8 Å². The highest BCUT2D eigenvalue weighted by molar-refractivity contribution is 5.42. The Morgan fingerprint density at radius 1 is 1.10 bits per heavy atom. The van der Waals surface area contributed by atoms with Crippen molar-refractivity contribution in [3.8, 4) is 0 Å². The molecule has 1 aromatic rings. The summed E-state index contributed by atoms with van der Waals surface area (Å²) in [5, 5.41) is 3.52. The lowest BCUT2D eigenvalue weighted by Crippen LogP contribution is -2.28. The van der Waals surface area contributed by atoms with Crippen molar-refractivity contribution in [3.05, 3.63) is 0 Å². The van der Waals surface area contributed by atoms with Crippen LogP contribution < -0.4 is 16.0 Å². The van der Waals surface area contributed by atoms with Gasteiger partial charge in [-0.05, 0) is 51.4 Å². The smallest absolute Gasteiger partial charge is 0.231 e. The summed E-state index contributed by atoms with van der Waals surface area (Å²) in [6, 6.07) is 0.529. The zero-order valence-corrected chi connectivity index (χ0v) is 12.3. The minimum atomic E-state index is 0.301. The zero-order valence-electron chi connectivity index (χ0n) is 12.3. The molecule has 0 bridgehead atoms. The Hall–Kier alpha value is -1.59. The molecule has 20 heavy (non-hydrogen) atoms. The van der Waals surface area contributed by atoms with Crippen LogP contribution in [0, 0.1) is 11.8 Å². The van der Waals surface area contributed by atoms with E-state index in [9.17, 15) is 0 Å². The summed E-state index contributed by atoms with van der Waals surface area (Å²) in [5.74, 6) is 3.23. The van der Waals surface area contributed by atoms with Crippen molar-refractivity contribution < 1.29 is 0 Å². The van der Waals surface area contributed by atoms with Crippen molar-refractivity contribution in [3.63, 3.8) is 0 Å². The molecular weight excluding hydrogens is 252 g/mol. The second kappa shape index (κ2) is 5.42. The molecule has 2 aliphatic rings. The molecule has 0 atom stereocenters. The third kappa shape index (κ3) is 2.94. The number of hydrogen-bond donors (Lipinski definition) is 2. The Morgan fingerprint density at radius 2 is 1.70 bits per heavy atom. The summed E-state index contributed by atoms with van der Waals surface area (Å²) in [5.41, 5.74) is 5.84. The van der Waals surface area contributed by atoms with Gasteiger partial charge in [0.1, 0.15) is 0 Å². The summed E-state index contributed by atoms with van der Waals surface area (Å²) in [4.78, 5) is 15.1. The maximum Gasteiger partial charge on any atom is 0.231 e. The lowest BCUT2D eigenvalue weighted by atomic mass is 10.1. The molecule has 110 valence electrons. The SMILES string of the molecule is CCN(CC)c1nc(N)nc(NC(C2CC2)C2CC2)n1. The van der Waals surface area contributed by atoms with E-state index < -0.39 is 0 Å². The first-order valence-electron chi connectivity index (χ1n) is 7.74. The molecule has 1 aromatic heterocycles. The van der Waals surface area contributed by atoms with Crippen LogP contribution in [0.5, 0.6) is 0 Å². The summed E-state index contributed by atoms with van der Waals surface area (Å²) in [6.07, 6.45) is 5.32. The summed E-state index contributed by atoms with van der Waals surface area (Å²) >= 11 is 0. The van der Waals surface area contributed by atoms with Gasteiger partial charge in [0, 0.05) is 19.1 Å². The Balaban J connectivity index is 1.77. The number of nitrogens with two attached hydrogens (primary N) is 1. The van der Waals surface area contributed by atoms with Gasteiger partial charge in [-0.3, -0.25) is 0 Å². The largest absolute Gasteiger partial charge is 0.368 e. The molecule has 0 saturated heterocycles. The molecule has 0 spiro atoms. The number of rotatable bonds is 7. The highest BCUT2D eigenvalue weighted by Crippen LogP contribution is 2.45. The van der Waals surface area contributed by atoms with Gasteiger partial charge in [-0.1, -0.05) is 0 Å². The normalized spacial score (nSPS) is 18.4. The average molecular weight is 276 g/mol. The number of hydrogen-bond acceptors (Lipinski definition) is 6. The van der Waals surface area contributed by atoms with Crippen LogP contribution in [0.4, 0.5) is 17.8 Å². The lowest BCUT2D eigenvalue weighted by molar-refractivity contribution is 0.562. The Kier molecular flexibility index (Phi) is 3.63. The molecule has 2 fully saturated rings. The molecule has 6 nitrogen and oxygen atoms in total. The van der Waals surface area contributed by atoms with Crippen LogP contribution in [-0.4, -0.2) is 34.1 Å². The maximum absolute atomic E-state index is 5.84. The van der Waals surface area contributed by atoms with Crippen molar-refractivity contribution in [2.75, 3.05) is 29.0 Å². The third-order valence-electron chi connectivity index (χ3n) is 4.24. The summed E-state index contributed by atoms with van der Waals surface area (Å²) < 4.78 is 0. The second-order valence-electron chi connectivity index (χ2n) is 5.83. The van der Waals surface area contributed by atoms with E-state index in [4.69, 9.17) is 5.73 Å². The molecule has 0 aromatic carbocycles. The molecule has 0 radical (unpaired) electrons. The van der Waals surface area contributed by atoms with Crippen LogP contribution in [-0.2, 0) is 0 Å². The molecule has 0 amide bonds. The third-order valence-corrected chi connectivity index (χ3v) is 4.24. The fraction of sp³-hybridized carbons (Fsp3) is 0.786. The predicted octanol–water partition coefficient (Wildman–Crippen LogP) is 1.90. The molecule has 3 rings (SSSR count). The van der Waals surface area contributed by atoms with E-state index in [0.717, 1.165) is 24.9 Å². The van der Waals surface area contributed by atoms with Crippen LogP contribution in [0.25, 0.3) is 0 Å². The van der Waals surface area contributed by atoms with Gasteiger partial charge in [0.15, 0.2) is 0 Å². The van der Waals surface area contributed by atoms with E-state index in [2.05, 4.69) is 39.0 Å². The highest BCUT2D eigenvalue weighted by atomic mass is 15.3. The first-order chi connectivity index (χ1) is 9.71. The maximum atomic E-state index is 5.84. The first-order valence-corrected chi connectivity index (χ1v) is 7.74. The number of aromatic nitrogens is 3. The van der Waals surface area contributed by atoms with Gasteiger partial charge in [0.25, 0.3) is 0 Å². The quantitative estimate of drug-likeness (QED) is 0.792. The van der Waals surface area contributed by atoms with E-state index in [0.29, 0.717) is 23.9 Å². The van der Waals surface area contributed by atoms with E-state index in [1.54, 1.807) is 0 Å². The van der Waals surface area contributed by atoms with E-state index in [1.165, 1.54) is 25.7 Å². The monoisotopic (exact) mass is 276 g/mol. The van der Waals surface area contributed by atoms with Crippen LogP contribution >= 0.6 is 0 Å². The van der Waals surface area contributed by atoms with E-state index in [1.807, 2.05) is 0 Å². The van der Waals surface area contributed by atoms with Crippen molar-refractivity contribution in [1.82, 2.24) is 15.0 Å². The van der Waals surface area contributed by atoms with Crippen molar-refractivity contribution in [2.24, 2.45) is 11.8 Å².